The van der Waals surface area contributed by atoms with Crippen LogP contribution in [0.2, 0.25) is 18.6 Å². The molecule has 0 unspecified atom stereocenters. The van der Waals surface area contributed by atoms with E-state index in [-0.39, 0.29) is 30.1 Å². The second-order valence-corrected chi connectivity index (χ2v) is 18.3. The molecular weight excluding hydrogens is 572 g/mol. The maximum Gasteiger partial charge on any atom is 0.265 e. The van der Waals surface area contributed by atoms with E-state index in [1.54, 1.807) is 14.2 Å². The van der Waals surface area contributed by atoms with E-state index >= 15 is 4.79 Å². The molecule has 3 aliphatic heterocycles. The van der Waals surface area contributed by atoms with Gasteiger partial charge in [-0.3, -0.25) is 14.4 Å². The number of fused-ring (bicyclic) bond motifs is 1. The number of ether oxygens (including phenoxy) is 3. The number of aliphatic hydroxyl groups is 1. The van der Waals surface area contributed by atoms with E-state index < -0.39 is 19.2 Å². The van der Waals surface area contributed by atoms with Gasteiger partial charge in [0.25, 0.3) is 5.91 Å². The predicted molar refractivity (Wildman–Crippen MR) is 173 cm³/mol. The summed E-state index contributed by atoms with van der Waals surface area (Å²) in [7, 11) is 1.08. The van der Waals surface area contributed by atoms with Gasteiger partial charge in [0.05, 0.1) is 45.3 Å². The highest BCUT2D eigenvalue weighted by atomic mass is 28.3. The summed E-state index contributed by atoms with van der Waals surface area (Å²) in [4.78, 5) is 17.0. The molecule has 10 heteroatoms. The third kappa shape index (κ3) is 4.52. The van der Waals surface area contributed by atoms with Crippen LogP contribution in [0.25, 0.3) is 5.57 Å². The monoisotopic (exact) mass is 616 g/mol. The third-order valence-electron chi connectivity index (χ3n) is 10.2. The molecule has 0 bridgehead atoms. The molecule has 1 N–H and O–H groups in total. The first-order chi connectivity index (χ1) is 20.9. The van der Waals surface area contributed by atoms with E-state index in [0.717, 1.165) is 39.6 Å². The maximum absolute atomic E-state index is 15.0. The average Bonchev–Trinajstić information content (AvgIpc) is 3.64. The van der Waals surface area contributed by atoms with Gasteiger partial charge in [0.1, 0.15) is 11.5 Å². The van der Waals surface area contributed by atoms with Crippen molar-refractivity contribution in [3.05, 3.63) is 65.5 Å². The van der Waals surface area contributed by atoms with Crippen molar-refractivity contribution < 1.29 is 24.1 Å². The number of hydrogen-bond donors (Lipinski definition) is 1. The predicted octanol–water partition coefficient (Wildman–Crippen LogP) is 4.68. The van der Waals surface area contributed by atoms with E-state index in [0.29, 0.717) is 19.4 Å². The molecule has 3 aliphatic rings. The first-order valence-corrected chi connectivity index (χ1v) is 18.6. The normalized spacial score (nSPS) is 25.4. The van der Waals surface area contributed by atoms with E-state index in [4.69, 9.17) is 14.2 Å². The molecule has 9 nitrogen and oxygen atoms in total. The van der Waals surface area contributed by atoms with Crippen LogP contribution in [0.4, 0.5) is 5.69 Å². The smallest absolute Gasteiger partial charge is 0.265 e. The lowest BCUT2D eigenvalue weighted by molar-refractivity contribution is -0.146. The summed E-state index contributed by atoms with van der Waals surface area (Å²) in [6, 6.07) is 12.5. The Morgan fingerprint density at radius 3 is 2.45 bits per heavy atom. The van der Waals surface area contributed by atoms with Crippen molar-refractivity contribution in [2.75, 3.05) is 25.7 Å². The van der Waals surface area contributed by atoms with Crippen molar-refractivity contribution in [1.29, 1.82) is 0 Å². The highest BCUT2D eigenvalue weighted by molar-refractivity contribution is 6.91. The Labute approximate surface area is 260 Å². The van der Waals surface area contributed by atoms with Gasteiger partial charge in [0, 0.05) is 42.8 Å². The van der Waals surface area contributed by atoms with E-state index in [1.165, 1.54) is 5.19 Å². The number of amides is 1. The van der Waals surface area contributed by atoms with Gasteiger partial charge in [-0.05, 0) is 62.6 Å². The van der Waals surface area contributed by atoms with Crippen molar-refractivity contribution in [1.82, 2.24) is 15.0 Å². The molecule has 1 saturated heterocycles. The first-order valence-electron chi connectivity index (χ1n) is 15.5. The number of aryl methyl sites for hydroxylation is 1. The van der Waals surface area contributed by atoms with Gasteiger partial charge >= 0.3 is 0 Å². The second-order valence-electron chi connectivity index (χ2n) is 13.6. The Morgan fingerprint density at radius 1 is 1.09 bits per heavy atom. The maximum atomic E-state index is 15.0. The number of aromatic nitrogens is 3. The third-order valence-corrected chi connectivity index (χ3v) is 14.6. The Hall–Kier alpha value is -3.47. The summed E-state index contributed by atoms with van der Waals surface area (Å²) in [5.41, 5.74) is 3.21. The fourth-order valence-corrected chi connectivity index (χ4v) is 12.2. The quantitative estimate of drug-likeness (QED) is 0.349. The number of carbonyl (C=O) groups is 1. The minimum atomic E-state index is -2.27. The highest BCUT2D eigenvalue weighted by Gasteiger charge is 2.68. The van der Waals surface area contributed by atoms with Crippen LogP contribution in [-0.2, 0) is 28.1 Å². The molecule has 0 radical (unpaired) electrons. The average molecular weight is 617 g/mol. The van der Waals surface area contributed by atoms with Gasteiger partial charge < -0.3 is 19.3 Å². The minimum Gasteiger partial charge on any atom is -0.497 e. The number of anilines is 1. The van der Waals surface area contributed by atoms with Crippen LogP contribution in [0.1, 0.15) is 50.9 Å². The zero-order valence-corrected chi connectivity index (χ0v) is 28.0. The van der Waals surface area contributed by atoms with Crippen LogP contribution in [0, 0.1) is 5.92 Å². The van der Waals surface area contributed by atoms with Crippen molar-refractivity contribution in [3.8, 4) is 11.5 Å². The van der Waals surface area contributed by atoms with E-state index in [9.17, 15) is 5.11 Å². The molecule has 0 aliphatic carbocycles. The zero-order valence-electron chi connectivity index (χ0n) is 27.0. The molecule has 1 spiro atoms. The van der Waals surface area contributed by atoms with Crippen molar-refractivity contribution in [3.63, 3.8) is 0 Å². The first kappa shape index (κ1) is 30.5. The van der Waals surface area contributed by atoms with Crippen molar-refractivity contribution in [2.24, 2.45) is 5.92 Å². The number of aliphatic hydroxyl groups excluding tert-OH is 1. The van der Waals surface area contributed by atoms with E-state index in [2.05, 4.69) is 69.3 Å². The van der Waals surface area contributed by atoms with Crippen LogP contribution in [0.15, 0.2) is 48.7 Å². The summed E-state index contributed by atoms with van der Waals surface area (Å²) >= 11 is 0. The van der Waals surface area contributed by atoms with E-state index in [1.807, 2.05) is 40.0 Å². The number of benzene rings is 2. The van der Waals surface area contributed by atoms with Gasteiger partial charge in [0.15, 0.2) is 5.60 Å². The number of rotatable bonds is 9. The lowest BCUT2D eigenvalue weighted by atomic mass is 9.81. The van der Waals surface area contributed by atoms with Crippen molar-refractivity contribution in [2.45, 2.75) is 83.0 Å². The number of carbonyl (C=O) groups excluding carboxylic acids is 1. The summed E-state index contributed by atoms with van der Waals surface area (Å²) in [6.07, 6.45) is 5.00. The van der Waals surface area contributed by atoms with Gasteiger partial charge in [0.2, 0.25) is 0 Å². The number of methoxy groups -OCH3 is 2. The van der Waals surface area contributed by atoms with Gasteiger partial charge in [-0.25, -0.2) is 0 Å². The van der Waals surface area contributed by atoms with Crippen molar-refractivity contribution >= 4 is 30.4 Å². The fourth-order valence-electron chi connectivity index (χ4n) is 8.18. The molecule has 2 aromatic carbocycles. The molecule has 0 saturated carbocycles. The molecular formula is C34H44N4O5Si. The molecule has 1 aromatic heterocycles. The Balaban J connectivity index is 1.48. The van der Waals surface area contributed by atoms with Gasteiger partial charge in [-0.15, -0.1) is 5.10 Å². The Bertz CT molecular complexity index is 1610. The molecule has 4 heterocycles. The molecule has 4 atom stereocenters. The molecule has 234 valence electrons. The summed E-state index contributed by atoms with van der Waals surface area (Å²) in [5, 5.41) is 19.2. The molecule has 1 fully saturated rings. The van der Waals surface area contributed by atoms with Crippen LogP contribution in [-0.4, -0.2) is 66.6 Å². The fraction of sp³-hybridized carbons (Fsp3) is 0.500. The minimum absolute atomic E-state index is 0.00118. The molecule has 3 aromatic rings. The topological polar surface area (TPSA) is 98.9 Å². The van der Waals surface area contributed by atoms with Gasteiger partial charge in [-0.1, -0.05) is 48.6 Å². The summed E-state index contributed by atoms with van der Waals surface area (Å²) in [5.74, 6) is 1.44. The lowest BCUT2D eigenvalue weighted by Gasteiger charge is -2.40. The number of nitrogens with zero attached hydrogens (tertiary/aromatic N) is 4. The van der Waals surface area contributed by atoms with Crippen LogP contribution in [0.3, 0.4) is 0 Å². The van der Waals surface area contributed by atoms with Gasteiger partial charge in [-0.2, -0.15) is 0 Å². The van der Waals surface area contributed by atoms with Crippen LogP contribution in [0.5, 0.6) is 11.5 Å². The molecule has 6 rings (SSSR count). The Kier molecular flexibility index (Phi) is 7.53. The second kappa shape index (κ2) is 10.9. The van der Waals surface area contributed by atoms with Crippen LogP contribution >= 0.6 is 0 Å². The van der Waals surface area contributed by atoms with Crippen LogP contribution < -0.4 is 19.6 Å². The SMILES string of the molecule is COc1ccc([Si](C)(C)[C@@H]2[C@@H](CCn3cc(CCO)nn3)O[C@]3(C(=O)N4c5c(cc(OC)cc53)C(C)=CC4(C)C)[C@H]2C)cc1. The summed E-state index contributed by atoms with van der Waals surface area (Å²) in [6.45, 7) is 13.9. The molecule has 44 heavy (non-hydrogen) atoms. The number of hydrogen-bond acceptors (Lipinski definition) is 7. The summed E-state index contributed by atoms with van der Waals surface area (Å²) < 4.78 is 20.4. The molecule has 1 amide bonds. The largest absolute Gasteiger partial charge is 0.497 e. The lowest BCUT2D eigenvalue weighted by Crippen LogP contribution is -2.54. The highest BCUT2D eigenvalue weighted by Crippen LogP contribution is 2.63. The number of allylic oxidation sites excluding steroid dienone is 1. The zero-order chi connectivity index (χ0) is 31.6. The standard InChI is InChI=1S/C34H44N4O5Si/c1-21-19-33(3,4)38-30-27(21)17-25(42-6)18-28(30)34(32(38)40)22(2)31(44(7,8)26-11-9-24(41-5)10-12-26)29(43-34)13-15-37-20-23(14-16-39)35-36-37/h9-12,17-20,22,29,31,39H,13-16H2,1-8H3/t22-,29+,31-,34+/m0/s1. The Morgan fingerprint density at radius 2 is 1.80 bits per heavy atom.